The standard InChI is InChI=1S/C16H13ClN2O6S/c1-25-16(21)14(15(20)10-2-4-11(17)5-3-10)19-18-12-6-8-13(9-7-12)26(22,23)24/h2-9,20H,1H3,(H,22,23,24). The summed E-state index contributed by atoms with van der Waals surface area (Å²) in [4.78, 5) is 11.6. The Labute approximate surface area is 154 Å². The summed E-state index contributed by atoms with van der Waals surface area (Å²) in [7, 11) is -3.21. The molecule has 136 valence electrons. The highest BCUT2D eigenvalue weighted by atomic mass is 35.5. The Morgan fingerprint density at radius 3 is 2.15 bits per heavy atom. The number of esters is 1. The van der Waals surface area contributed by atoms with Gasteiger partial charge in [-0.05, 0) is 48.5 Å². The highest BCUT2D eigenvalue weighted by Gasteiger charge is 2.17. The number of nitrogens with zero attached hydrogens (tertiary/aromatic N) is 2. The van der Waals surface area contributed by atoms with Gasteiger partial charge in [0, 0.05) is 10.6 Å². The largest absolute Gasteiger partial charge is 0.505 e. The van der Waals surface area contributed by atoms with E-state index in [4.69, 9.17) is 16.2 Å². The van der Waals surface area contributed by atoms with E-state index in [0.29, 0.717) is 5.02 Å². The number of carbonyl (C=O) groups excluding carboxylic acids is 1. The predicted octanol–water partition coefficient (Wildman–Crippen LogP) is 3.77. The number of aliphatic hydroxyl groups excluding tert-OH is 1. The fourth-order valence-corrected chi connectivity index (χ4v) is 2.42. The smallest absolute Gasteiger partial charge is 0.362 e. The molecule has 26 heavy (non-hydrogen) atoms. The van der Waals surface area contributed by atoms with Crippen LogP contribution < -0.4 is 0 Å². The molecule has 0 atom stereocenters. The van der Waals surface area contributed by atoms with Gasteiger partial charge in [-0.2, -0.15) is 13.5 Å². The summed E-state index contributed by atoms with van der Waals surface area (Å²) in [6.45, 7) is 0. The van der Waals surface area contributed by atoms with Crippen molar-refractivity contribution in [1.82, 2.24) is 0 Å². The number of carbonyl (C=O) groups is 1. The third kappa shape index (κ3) is 4.88. The molecule has 2 N–H and O–H groups in total. The van der Waals surface area contributed by atoms with Crippen LogP contribution in [0.15, 0.2) is 69.4 Å². The topological polar surface area (TPSA) is 126 Å². The van der Waals surface area contributed by atoms with Crippen LogP contribution in [0.3, 0.4) is 0 Å². The van der Waals surface area contributed by atoms with Crippen molar-refractivity contribution >= 4 is 39.1 Å². The van der Waals surface area contributed by atoms with E-state index in [-0.39, 0.29) is 16.1 Å². The van der Waals surface area contributed by atoms with Crippen LogP contribution in [0.5, 0.6) is 0 Å². The molecule has 0 unspecified atom stereocenters. The summed E-state index contributed by atoms with van der Waals surface area (Å²) in [6, 6.07) is 10.8. The van der Waals surface area contributed by atoms with Crippen LogP contribution in [0, 0.1) is 0 Å². The Hall–Kier alpha value is -2.75. The van der Waals surface area contributed by atoms with Gasteiger partial charge in [0.25, 0.3) is 10.1 Å². The summed E-state index contributed by atoms with van der Waals surface area (Å²) < 4.78 is 35.5. The Kier molecular flexibility index (Phi) is 6.09. The van der Waals surface area contributed by atoms with Crippen molar-refractivity contribution in [2.75, 3.05) is 7.11 Å². The molecule has 0 heterocycles. The maximum Gasteiger partial charge on any atom is 0.362 e. The van der Waals surface area contributed by atoms with Crippen LogP contribution in [0.25, 0.3) is 5.76 Å². The van der Waals surface area contributed by atoms with Crippen LogP contribution in [-0.4, -0.2) is 31.2 Å². The van der Waals surface area contributed by atoms with E-state index < -0.39 is 27.5 Å². The fourth-order valence-electron chi connectivity index (χ4n) is 1.82. The first-order valence-corrected chi connectivity index (χ1v) is 8.81. The van der Waals surface area contributed by atoms with Crippen LogP contribution in [0.1, 0.15) is 5.56 Å². The van der Waals surface area contributed by atoms with Crippen molar-refractivity contribution in [2.45, 2.75) is 4.90 Å². The third-order valence-corrected chi connectivity index (χ3v) is 4.24. The normalized spacial score (nSPS) is 12.7. The van der Waals surface area contributed by atoms with Gasteiger partial charge in [-0.1, -0.05) is 11.6 Å². The number of hydrogen-bond acceptors (Lipinski definition) is 7. The van der Waals surface area contributed by atoms with Crippen molar-refractivity contribution in [2.24, 2.45) is 10.2 Å². The zero-order chi connectivity index (χ0) is 19.3. The van der Waals surface area contributed by atoms with E-state index in [1.807, 2.05) is 0 Å². The maximum atomic E-state index is 11.9. The van der Waals surface area contributed by atoms with Gasteiger partial charge in [0.15, 0.2) is 5.76 Å². The molecule has 0 spiro atoms. The minimum Gasteiger partial charge on any atom is -0.505 e. The van der Waals surface area contributed by atoms with E-state index in [1.165, 1.54) is 36.4 Å². The second kappa shape index (κ2) is 8.09. The van der Waals surface area contributed by atoms with Gasteiger partial charge in [-0.3, -0.25) is 4.55 Å². The summed E-state index contributed by atoms with van der Waals surface area (Å²) in [5.74, 6) is -1.39. The lowest BCUT2D eigenvalue weighted by atomic mass is 10.1. The maximum absolute atomic E-state index is 11.9. The molecule has 2 rings (SSSR count). The van der Waals surface area contributed by atoms with Crippen molar-refractivity contribution < 1.29 is 27.6 Å². The molecule has 0 radical (unpaired) electrons. The van der Waals surface area contributed by atoms with Gasteiger partial charge >= 0.3 is 5.97 Å². The van der Waals surface area contributed by atoms with Crippen LogP contribution in [0.2, 0.25) is 5.02 Å². The molecule has 0 amide bonds. The molecule has 2 aromatic rings. The van der Waals surface area contributed by atoms with Crippen molar-refractivity contribution in [3.63, 3.8) is 0 Å². The van der Waals surface area contributed by atoms with Crippen molar-refractivity contribution in [3.8, 4) is 0 Å². The highest BCUT2D eigenvalue weighted by molar-refractivity contribution is 7.85. The number of benzene rings is 2. The number of ether oxygens (including phenoxy) is 1. The lowest BCUT2D eigenvalue weighted by Crippen LogP contribution is -2.05. The number of aliphatic hydroxyl groups is 1. The Bertz CT molecular complexity index is 967. The first-order valence-electron chi connectivity index (χ1n) is 6.99. The van der Waals surface area contributed by atoms with Crippen LogP contribution in [-0.2, 0) is 19.6 Å². The van der Waals surface area contributed by atoms with E-state index in [0.717, 1.165) is 19.2 Å². The van der Waals surface area contributed by atoms with Crippen LogP contribution >= 0.6 is 11.6 Å². The molecular formula is C16H13ClN2O6S. The van der Waals surface area contributed by atoms with Gasteiger partial charge in [-0.15, -0.1) is 5.11 Å². The molecule has 0 saturated heterocycles. The third-order valence-electron chi connectivity index (χ3n) is 3.12. The van der Waals surface area contributed by atoms with E-state index in [1.54, 1.807) is 0 Å². The Morgan fingerprint density at radius 1 is 1.08 bits per heavy atom. The van der Waals surface area contributed by atoms with Gasteiger partial charge in [-0.25, -0.2) is 4.79 Å². The molecule has 0 aromatic heterocycles. The van der Waals surface area contributed by atoms with Crippen molar-refractivity contribution in [1.29, 1.82) is 0 Å². The van der Waals surface area contributed by atoms with Gasteiger partial charge in [0.05, 0.1) is 17.7 Å². The molecule has 0 aliphatic heterocycles. The molecule has 0 saturated carbocycles. The first-order chi connectivity index (χ1) is 12.2. The average molecular weight is 397 g/mol. The Morgan fingerprint density at radius 2 is 1.65 bits per heavy atom. The van der Waals surface area contributed by atoms with E-state index >= 15 is 0 Å². The average Bonchev–Trinajstić information content (AvgIpc) is 2.61. The summed E-state index contributed by atoms with van der Waals surface area (Å²) in [6.07, 6.45) is 0. The predicted molar refractivity (Wildman–Crippen MR) is 93.8 cm³/mol. The van der Waals surface area contributed by atoms with Gasteiger partial charge < -0.3 is 9.84 Å². The molecule has 0 fully saturated rings. The van der Waals surface area contributed by atoms with Crippen LogP contribution in [0.4, 0.5) is 5.69 Å². The minimum absolute atomic E-state index is 0.183. The molecule has 0 bridgehead atoms. The zero-order valence-corrected chi connectivity index (χ0v) is 14.9. The molecule has 0 aliphatic rings. The molecule has 2 aromatic carbocycles. The van der Waals surface area contributed by atoms with E-state index in [9.17, 15) is 18.3 Å². The minimum atomic E-state index is -4.33. The van der Waals surface area contributed by atoms with Gasteiger partial charge in [0.2, 0.25) is 5.70 Å². The van der Waals surface area contributed by atoms with E-state index in [2.05, 4.69) is 15.0 Å². The van der Waals surface area contributed by atoms with Gasteiger partial charge in [0.1, 0.15) is 0 Å². The monoisotopic (exact) mass is 396 g/mol. The molecule has 10 heteroatoms. The summed E-state index contributed by atoms with van der Waals surface area (Å²) >= 11 is 5.78. The lowest BCUT2D eigenvalue weighted by molar-refractivity contribution is -0.136. The second-order valence-electron chi connectivity index (χ2n) is 4.86. The number of azo groups is 1. The Balaban J connectivity index is 2.39. The number of hydrogen-bond donors (Lipinski definition) is 2. The molecule has 0 aliphatic carbocycles. The number of halogens is 1. The lowest BCUT2D eigenvalue weighted by Gasteiger charge is -2.05. The number of methoxy groups -OCH3 is 1. The second-order valence-corrected chi connectivity index (χ2v) is 6.72. The number of rotatable bonds is 5. The summed E-state index contributed by atoms with van der Waals surface area (Å²) in [5, 5.41) is 18.2. The molecular weight excluding hydrogens is 384 g/mol. The fraction of sp³-hybridized carbons (Fsp3) is 0.0625. The highest BCUT2D eigenvalue weighted by Crippen LogP contribution is 2.23. The first kappa shape index (κ1) is 19.6. The molecule has 8 nitrogen and oxygen atoms in total. The SMILES string of the molecule is COC(=O)C(N=Nc1ccc(S(=O)(=O)O)cc1)=C(O)c1ccc(Cl)cc1. The zero-order valence-electron chi connectivity index (χ0n) is 13.3. The quantitative estimate of drug-likeness (QED) is 0.260. The van der Waals surface area contributed by atoms with Crippen molar-refractivity contribution in [3.05, 3.63) is 64.8 Å². The summed E-state index contributed by atoms with van der Waals surface area (Å²) in [5.41, 5.74) is 0.00635.